The van der Waals surface area contributed by atoms with E-state index in [9.17, 15) is 20.1 Å². The van der Waals surface area contributed by atoms with Gasteiger partial charge in [0.25, 0.3) is 0 Å². The minimum atomic E-state index is -0.350. The summed E-state index contributed by atoms with van der Waals surface area (Å²) >= 11 is 0. The highest BCUT2D eigenvalue weighted by Gasteiger charge is 2.65. The van der Waals surface area contributed by atoms with Crippen LogP contribution in [0.4, 0.5) is 0 Å². The molecule has 0 spiro atoms. The fourth-order valence-electron chi connectivity index (χ4n) is 9.07. The van der Waals surface area contributed by atoms with Crippen molar-refractivity contribution in [2.45, 2.75) is 118 Å². The molecule has 4 fully saturated rings. The van der Waals surface area contributed by atoms with Crippen molar-refractivity contribution in [1.82, 2.24) is 0 Å². The SMILES string of the molecule is C[C@H](CCC(=O)C(C)(C)C)[C@H]1CCC2C3[C@H](O)C[C@@H]4C[C@H](O)CC[C@]4(C)[C@H]3C[C@H](O)[C@@]21C. The monoisotopic (exact) mass is 448 g/mol. The Labute approximate surface area is 195 Å². The fraction of sp³-hybridized carbons (Fsp3) is 0.964. The average Bonchev–Trinajstić information content (AvgIpc) is 3.06. The standard InChI is InChI=1S/C28H48O4/c1-16(7-10-23(31)26(2,3)4)19-8-9-20-25-21(15-24(32)28(19,20)6)27(5)12-11-18(29)13-17(27)14-22(25)30/h16-22,24-25,29-30,32H,7-15H2,1-6H3/t16-,17+,18-,19-,20?,21+,22-,24+,25?,27+,28-/m1/s1. The zero-order valence-electron chi connectivity index (χ0n) is 21.3. The molecule has 0 aliphatic heterocycles. The smallest absolute Gasteiger partial charge is 0.138 e. The molecule has 184 valence electrons. The summed E-state index contributed by atoms with van der Waals surface area (Å²) in [6.45, 7) is 13.0. The molecule has 0 aromatic rings. The Morgan fingerprint density at radius 1 is 1.00 bits per heavy atom. The number of aliphatic hydroxyl groups excluding tert-OH is 3. The Morgan fingerprint density at radius 2 is 1.69 bits per heavy atom. The maximum atomic E-state index is 12.5. The second-order valence-corrected chi connectivity index (χ2v) is 13.7. The topological polar surface area (TPSA) is 77.8 Å². The maximum Gasteiger partial charge on any atom is 0.138 e. The number of hydrogen-bond donors (Lipinski definition) is 3. The molecule has 4 heteroatoms. The van der Waals surface area contributed by atoms with Crippen LogP contribution in [0.25, 0.3) is 0 Å². The van der Waals surface area contributed by atoms with Gasteiger partial charge in [0.05, 0.1) is 18.3 Å². The third-order valence-corrected chi connectivity index (χ3v) is 11.2. The van der Waals surface area contributed by atoms with Gasteiger partial charge < -0.3 is 15.3 Å². The molecule has 4 rings (SSSR count). The van der Waals surface area contributed by atoms with Crippen LogP contribution in [0.5, 0.6) is 0 Å². The first kappa shape index (κ1) is 24.7. The van der Waals surface area contributed by atoms with Crippen LogP contribution in [-0.4, -0.2) is 39.4 Å². The molecule has 0 radical (unpaired) electrons. The Balaban J connectivity index is 1.55. The van der Waals surface area contributed by atoms with Crippen LogP contribution in [0.15, 0.2) is 0 Å². The lowest BCUT2D eigenvalue weighted by molar-refractivity contribution is -0.207. The zero-order chi connectivity index (χ0) is 23.6. The molecule has 11 atom stereocenters. The molecule has 0 saturated heterocycles. The molecule has 4 aliphatic carbocycles. The first-order valence-electron chi connectivity index (χ1n) is 13.4. The third kappa shape index (κ3) is 3.81. The van der Waals surface area contributed by atoms with Crippen molar-refractivity contribution in [3.63, 3.8) is 0 Å². The second kappa shape index (κ2) is 8.34. The highest BCUT2D eigenvalue weighted by atomic mass is 16.3. The largest absolute Gasteiger partial charge is 0.393 e. The Bertz CT molecular complexity index is 713. The first-order chi connectivity index (χ1) is 14.8. The van der Waals surface area contributed by atoms with Crippen molar-refractivity contribution in [2.75, 3.05) is 0 Å². The van der Waals surface area contributed by atoms with Gasteiger partial charge in [-0.2, -0.15) is 0 Å². The van der Waals surface area contributed by atoms with Crippen LogP contribution in [0.2, 0.25) is 0 Å². The summed E-state index contributed by atoms with van der Waals surface area (Å²) in [5, 5.41) is 33.3. The van der Waals surface area contributed by atoms with Crippen molar-refractivity contribution >= 4 is 5.78 Å². The van der Waals surface area contributed by atoms with Crippen LogP contribution >= 0.6 is 0 Å². The van der Waals surface area contributed by atoms with Gasteiger partial charge in [-0.25, -0.2) is 0 Å². The molecule has 4 saturated carbocycles. The van der Waals surface area contributed by atoms with Gasteiger partial charge >= 0.3 is 0 Å². The lowest BCUT2D eigenvalue weighted by Gasteiger charge is -2.63. The number of hydrogen-bond acceptors (Lipinski definition) is 4. The summed E-state index contributed by atoms with van der Waals surface area (Å²) in [5.74, 6) is 2.44. The van der Waals surface area contributed by atoms with E-state index < -0.39 is 0 Å². The molecule has 0 bridgehead atoms. The van der Waals surface area contributed by atoms with Crippen molar-refractivity contribution < 1.29 is 20.1 Å². The molecule has 0 aromatic heterocycles. The van der Waals surface area contributed by atoms with Crippen molar-refractivity contribution in [3.8, 4) is 0 Å². The molecule has 4 nitrogen and oxygen atoms in total. The van der Waals surface area contributed by atoms with E-state index in [2.05, 4.69) is 20.8 Å². The molecule has 0 aromatic carbocycles. The van der Waals surface area contributed by atoms with Crippen molar-refractivity contribution in [1.29, 1.82) is 0 Å². The van der Waals surface area contributed by atoms with E-state index >= 15 is 0 Å². The highest BCUT2D eigenvalue weighted by Crippen LogP contribution is 2.68. The Morgan fingerprint density at radius 3 is 2.34 bits per heavy atom. The first-order valence-corrected chi connectivity index (χ1v) is 13.4. The average molecular weight is 449 g/mol. The second-order valence-electron chi connectivity index (χ2n) is 13.7. The van der Waals surface area contributed by atoms with E-state index in [-0.39, 0.29) is 40.5 Å². The molecule has 0 heterocycles. The van der Waals surface area contributed by atoms with Crippen LogP contribution < -0.4 is 0 Å². The Kier molecular flexibility index (Phi) is 6.43. The molecule has 4 aliphatic rings. The van der Waals surface area contributed by atoms with Crippen LogP contribution in [-0.2, 0) is 4.79 Å². The summed E-state index contributed by atoms with van der Waals surface area (Å²) in [4.78, 5) is 12.5. The van der Waals surface area contributed by atoms with Gasteiger partial charge in [0, 0.05) is 11.8 Å². The number of ketones is 1. The molecular weight excluding hydrogens is 400 g/mol. The summed E-state index contributed by atoms with van der Waals surface area (Å²) in [6, 6.07) is 0. The predicted molar refractivity (Wildman–Crippen MR) is 127 cm³/mol. The lowest BCUT2D eigenvalue weighted by Crippen LogP contribution is -2.62. The zero-order valence-corrected chi connectivity index (χ0v) is 21.3. The fourth-order valence-corrected chi connectivity index (χ4v) is 9.07. The van der Waals surface area contributed by atoms with Gasteiger partial charge in [0.15, 0.2) is 0 Å². The quantitative estimate of drug-likeness (QED) is 0.567. The van der Waals surface area contributed by atoms with E-state index in [1.807, 2.05) is 20.8 Å². The lowest BCUT2D eigenvalue weighted by atomic mass is 9.43. The highest BCUT2D eigenvalue weighted by molar-refractivity contribution is 5.83. The van der Waals surface area contributed by atoms with E-state index in [0.29, 0.717) is 41.8 Å². The molecule has 32 heavy (non-hydrogen) atoms. The molecule has 3 N–H and O–H groups in total. The summed E-state index contributed by atoms with van der Waals surface area (Å²) in [7, 11) is 0. The van der Waals surface area contributed by atoms with Crippen molar-refractivity contribution in [2.24, 2.45) is 51.8 Å². The van der Waals surface area contributed by atoms with E-state index in [4.69, 9.17) is 0 Å². The third-order valence-electron chi connectivity index (χ3n) is 11.2. The summed E-state index contributed by atoms with van der Waals surface area (Å²) in [5.41, 5.74) is -0.344. The molecule has 2 unspecified atom stereocenters. The van der Waals surface area contributed by atoms with Gasteiger partial charge in [0.2, 0.25) is 0 Å². The van der Waals surface area contributed by atoms with Crippen molar-refractivity contribution in [3.05, 3.63) is 0 Å². The molecular formula is C28H48O4. The number of aliphatic hydroxyl groups is 3. The summed E-state index contributed by atoms with van der Waals surface area (Å²) < 4.78 is 0. The molecule has 0 amide bonds. The number of fused-ring (bicyclic) bond motifs is 5. The van der Waals surface area contributed by atoms with E-state index in [0.717, 1.165) is 51.4 Å². The number of carbonyl (C=O) groups is 1. The van der Waals surface area contributed by atoms with Crippen LogP contribution in [0.1, 0.15) is 99.3 Å². The van der Waals surface area contributed by atoms with Gasteiger partial charge in [-0.05, 0) is 97.7 Å². The van der Waals surface area contributed by atoms with Gasteiger partial charge in [-0.1, -0.05) is 41.5 Å². The van der Waals surface area contributed by atoms with E-state index in [1.165, 1.54) is 0 Å². The predicted octanol–water partition coefficient (Wildman–Crippen LogP) is 4.98. The van der Waals surface area contributed by atoms with Gasteiger partial charge in [-0.3, -0.25) is 4.79 Å². The van der Waals surface area contributed by atoms with Gasteiger partial charge in [0.1, 0.15) is 5.78 Å². The normalized spacial score (nSPS) is 49.7. The van der Waals surface area contributed by atoms with Crippen LogP contribution in [0, 0.1) is 51.8 Å². The number of rotatable bonds is 4. The van der Waals surface area contributed by atoms with E-state index in [1.54, 1.807) is 0 Å². The minimum Gasteiger partial charge on any atom is -0.393 e. The van der Waals surface area contributed by atoms with Crippen LogP contribution in [0.3, 0.4) is 0 Å². The number of Topliss-reactive ketones (excluding diaryl/α,β-unsaturated/α-hetero) is 1. The van der Waals surface area contributed by atoms with Gasteiger partial charge in [-0.15, -0.1) is 0 Å². The summed E-state index contributed by atoms with van der Waals surface area (Å²) in [6.07, 6.45) is 7.03. The maximum absolute atomic E-state index is 12.5. The minimum absolute atomic E-state index is 0.119. The Hall–Kier alpha value is -0.450. The number of carbonyl (C=O) groups excluding carboxylic acids is 1.